The fourth-order valence-electron chi connectivity index (χ4n) is 2.76. The molecule has 0 unspecified atom stereocenters. The standard InChI is InChI=1S/C15H24N2O.FH/c1-3-15(18)17(13-7-5-4-6-8-13)14-9-11-16(2)12-10-14;/h5,7-8,14H,3-4,6,9-12H2,1-2H3;1H. The number of allylic oxidation sites excluding steroid dienone is 3. The minimum Gasteiger partial charge on any atom is -0.310 e. The van der Waals surface area contributed by atoms with Gasteiger partial charge in [-0.25, -0.2) is 0 Å². The minimum atomic E-state index is 0. The molecule has 0 atom stereocenters. The molecule has 2 rings (SSSR count). The maximum Gasteiger partial charge on any atom is 0.226 e. The van der Waals surface area contributed by atoms with Gasteiger partial charge >= 0.3 is 0 Å². The van der Waals surface area contributed by atoms with Crippen LogP contribution in [0.2, 0.25) is 0 Å². The van der Waals surface area contributed by atoms with E-state index in [4.69, 9.17) is 0 Å². The SMILES string of the molecule is CCC(=O)N(C1=CCCC=C1)C1CCN(C)CC1.F. The van der Waals surface area contributed by atoms with E-state index < -0.39 is 0 Å². The zero-order chi connectivity index (χ0) is 13.0. The maximum atomic E-state index is 12.2. The predicted molar refractivity (Wildman–Crippen MR) is 76.6 cm³/mol. The normalized spacial score (nSPS) is 20.6. The number of hydrogen-bond acceptors (Lipinski definition) is 2. The van der Waals surface area contributed by atoms with Crippen molar-refractivity contribution in [3.05, 3.63) is 23.9 Å². The molecule has 0 aromatic rings. The molecule has 1 amide bonds. The summed E-state index contributed by atoms with van der Waals surface area (Å²) >= 11 is 0. The number of amides is 1. The summed E-state index contributed by atoms with van der Waals surface area (Å²) in [4.78, 5) is 16.6. The molecule has 19 heavy (non-hydrogen) atoms. The average molecular weight is 268 g/mol. The first kappa shape index (κ1) is 15.9. The fraction of sp³-hybridized carbons (Fsp3) is 0.667. The Hall–Kier alpha value is -1.16. The zero-order valence-electron chi connectivity index (χ0n) is 12.0. The largest absolute Gasteiger partial charge is 0.310 e. The number of carbonyl (C=O) groups excluding carboxylic acids is 1. The Labute approximate surface area is 115 Å². The first-order chi connectivity index (χ1) is 8.72. The lowest BCUT2D eigenvalue weighted by molar-refractivity contribution is -0.131. The molecule has 0 saturated carbocycles. The van der Waals surface area contributed by atoms with Crippen molar-refractivity contribution in [1.82, 2.24) is 9.80 Å². The molecular weight excluding hydrogens is 243 g/mol. The third-order valence-corrected chi connectivity index (χ3v) is 3.88. The van der Waals surface area contributed by atoms with Gasteiger partial charge in [0.25, 0.3) is 0 Å². The van der Waals surface area contributed by atoms with Crippen molar-refractivity contribution in [2.45, 2.75) is 45.1 Å². The fourth-order valence-corrected chi connectivity index (χ4v) is 2.76. The van der Waals surface area contributed by atoms with E-state index in [9.17, 15) is 4.79 Å². The van der Waals surface area contributed by atoms with Gasteiger partial charge in [0, 0.05) is 18.2 Å². The summed E-state index contributed by atoms with van der Waals surface area (Å²) in [5, 5.41) is 0. The highest BCUT2D eigenvalue weighted by atomic mass is 19.0. The van der Waals surface area contributed by atoms with Gasteiger partial charge in [-0.15, -0.1) is 0 Å². The quantitative estimate of drug-likeness (QED) is 0.785. The van der Waals surface area contributed by atoms with Crippen LogP contribution in [0, 0.1) is 0 Å². The molecule has 0 N–H and O–H groups in total. The van der Waals surface area contributed by atoms with Crippen LogP contribution in [0.4, 0.5) is 4.70 Å². The lowest BCUT2D eigenvalue weighted by atomic mass is 10.0. The van der Waals surface area contributed by atoms with E-state index in [0.717, 1.165) is 44.5 Å². The zero-order valence-corrected chi connectivity index (χ0v) is 12.0. The van der Waals surface area contributed by atoms with Crippen LogP contribution in [0.15, 0.2) is 23.9 Å². The second-order valence-corrected chi connectivity index (χ2v) is 5.26. The lowest BCUT2D eigenvalue weighted by Crippen LogP contribution is -2.45. The molecule has 0 bridgehead atoms. The first-order valence-corrected chi connectivity index (χ1v) is 7.09. The van der Waals surface area contributed by atoms with Crippen LogP contribution in [0.3, 0.4) is 0 Å². The van der Waals surface area contributed by atoms with Gasteiger partial charge in [0.05, 0.1) is 0 Å². The van der Waals surface area contributed by atoms with Gasteiger partial charge in [-0.2, -0.15) is 0 Å². The minimum absolute atomic E-state index is 0. The van der Waals surface area contributed by atoms with Gasteiger partial charge in [0.2, 0.25) is 5.91 Å². The molecule has 1 heterocycles. The summed E-state index contributed by atoms with van der Waals surface area (Å²) in [7, 11) is 2.15. The Balaban J connectivity index is 0.00000180. The van der Waals surface area contributed by atoms with Gasteiger partial charge in [-0.3, -0.25) is 9.50 Å². The third kappa shape index (κ3) is 3.90. The van der Waals surface area contributed by atoms with E-state index in [1.165, 1.54) is 0 Å². The summed E-state index contributed by atoms with van der Waals surface area (Å²) < 4.78 is 0. The van der Waals surface area contributed by atoms with Crippen molar-refractivity contribution in [3.8, 4) is 0 Å². The molecule has 0 spiro atoms. The summed E-state index contributed by atoms with van der Waals surface area (Å²) in [6.45, 7) is 4.14. The number of rotatable bonds is 3. The molecule has 3 nitrogen and oxygen atoms in total. The lowest BCUT2D eigenvalue weighted by Gasteiger charge is -2.38. The molecule has 1 saturated heterocycles. The first-order valence-electron chi connectivity index (χ1n) is 7.09. The van der Waals surface area contributed by atoms with Crippen molar-refractivity contribution in [3.63, 3.8) is 0 Å². The highest BCUT2D eigenvalue weighted by Gasteiger charge is 2.27. The second kappa shape index (κ2) is 7.43. The van der Waals surface area contributed by atoms with Crippen molar-refractivity contribution < 1.29 is 9.50 Å². The van der Waals surface area contributed by atoms with Crippen LogP contribution in [-0.2, 0) is 4.79 Å². The van der Waals surface area contributed by atoms with Crippen LogP contribution in [-0.4, -0.2) is 41.9 Å². The van der Waals surface area contributed by atoms with Crippen LogP contribution in [0.5, 0.6) is 0 Å². The molecule has 1 aliphatic carbocycles. The maximum absolute atomic E-state index is 12.2. The van der Waals surface area contributed by atoms with Crippen molar-refractivity contribution in [2.24, 2.45) is 0 Å². The van der Waals surface area contributed by atoms with E-state index >= 15 is 0 Å². The number of carbonyl (C=O) groups is 1. The Morgan fingerprint density at radius 1 is 1.37 bits per heavy atom. The average Bonchev–Trinajstić information content (AvgIpc) is 2.42. The summed E-state index contributed by atoms with van der Waals surface area (Å²) in [5.74, 6) is 0.266. The molecular formula is C15H25FN2O. The van der Waals surface area contributed by atoms with Crippen LogP contribution >= 0.6 is 0 Å². The van der Waals surface area contributed by atoms with Gasteiger partial charge < -0.3 is 9.80 Å². The number of hydrogen-bond donors (Lipinski definition) is 0. The second-order valence-electron chi connectivity index (χ2n) is 5.26. The van der Waals surface area contributed by atoms with Gasteiger partial charge in [0.1, 0.15) is 0 Å². The van der Waals surface area contributed by atoms with Gasteiger partial charge in [0.15, 0.2) is 0 Å². The number of likely N-dealkylation sites (tertiary alicyclic amines) is 1. The molecule has 0 aromatic carbocycles. The molecule has 4 heteroatoms. The van der Waals surface area contributed by atoms with Crippen molar-refractivity contribution in [1.29, 1.82) is 0 Å². The highest BCUT2D eigenvalue weighted by Crippen LogP contribution is 2.24. The van der Waals surface area contributed by atoms with Crippen LogP contribution in [0.25, 0.3) is 0 Å². The predicted octanol–water partition coefficient (Wildman–Crippen LogP) is 2.71. The molecule has 0 aromatic heterocycles. The van der Waals surface area contributed by atoms with E-state index in [2.05, 4.69) is 35.1 Å². The van der Waals surface area contributed by atoms with Crippen molar-refractivity contribution >= 4 is 5.91 Å². The molecule has 0 radical (unpaired) electrons. The van der Waals surface area contributed by atoms with Crippen LogP contribution < -0.4 is 0 Å². The monoisotopic (exact) mass is 268 g/mol. The van der Waals surface area contributed by atoms with E-state index in [-0.39, 0.29) is 10.6 Å². The van der Waals surface area contributed by atoms with E-state index in [0.29, 0.717) is 12.5 Å². The molecule has 1 fully saturated rings. The van der Waals surface area contributed by atoms with Crippen molar-refractivity contribution in [2.75, 3.05) is 20.1 Å². The van der Waals surface area contributed by atoms with Crippen LogP contribution in [0.1, 0.15) is 39.0 Å². The Kier molecular flexibility index (Phi) is 6.22. The third-order valence-electron chi connectivity index (χ3n) is 3.88. The number of nitrogens with zero attached hydrogens (tertiary/aromatic N) is 2. The highest BCUT2D eigenvalue weighted by molar-refractivity contribution is 5.78. The summed E-state index contributed by atoms with van der Waals surface area (Å²) in [6.07, 6.45) is 11.5. The van der Waals surface area contributed by atoms with E-state index in [1.54, 1.807) is 0 Å². The topological polar surface area (TPSA) is 23.6 Å². The van der Waals surface area contributed by atoms with Gasteiger partial charge in [-0.1, -0.05) is 19.1 Å². The van der Waals surface area contributed by atoms with Gasteiger partial charge in [-0.05, 0) is 51.9 Å². The smallest absolute Gasteiger partial charge is 0.226 e. The summed E-state index contributed by atoms with van der Waals surface area (Å²) in [5.41, 5.74) is 1.13. The Morgan fingerprint density at radius 2 is 2.05 bits per heavy atom. The number of halogens is 1. The molecule has 1 aliphatic heterocycles. The Bertz CT molecular complexity index is 357. The van der Waals surface area contributed by atoms with E-state index in [1.807, 2.05) is 6.92 Å². The molecule has 108 valence electrons. The Morgan fingerprint density at radius 3 is 2.58 bits per heavy atom. The summed E-state index contributed by atoms with van der Waals surface area (Å²) in [6, 6.07) is 0.391. The number of piperidine rings is 1. The molecule has 2 aliphatic rings.